The Morgan fingerprint density at radius 1 is 0.692 bits per heavy atom. The first-order valence-corrected chi connectivity index (χ1v) is 7.28. The van der Waals surface area contributed by atoms with Gasteiger partial charge in [0.2, 0.25) is 0 Å². The van der Waals surface area contributed by atoms with Crippen molar-refractivity contribution < 1.29 is 43.9 Å². The van der Waals surface area contributed by atoms with Gasteiger partial charge in [-0.25, -0.2) is 17.6 Å². The Morgan fingerprint density at radius 2 is 1.04 bits per heavy atom. The third-order valence-electron chi connectivity index (χ3n) is 3.45. The third kappa shape index (κ3) is 3.40. The van der Waals surface area contributed by atoms with Gasteiger partial charge in [0, 0.05) is 10.0 Å². The van der Waals surface area contributed by atoms with E-state index in [9.17, 15) is 43.9 Å². The summed E-state index contributed by atoms with van der Waals surface area (Å²) in [6, 6.07) is -0.0654. The molecule has 0 saturated heterocycles. The van der Waals surface area contributed by atoms with Crippen LogP contribution in [0, 0.1) is 30.2 Å². The monoisotopic (exact) mass is 454 g/mol. The number of hydrogen-bond donors (Lipinski definition) is 0. The highest BCUT2D eigenvalue weighted by Gasteiger charge is 2.41. The molecule has 0 unspecified atom stereocenters. The molecule has 0 heterocycles. The summed E-state index contributed by atoms with van der Waals surface area (Å²) < 4.78 is 132. The van der Waals surface area contributed by atoms with Gasteiger partial charge in [0.25, 0.3) is 0 Å². The van der Waals surface area contributed by atoms with Gasteiger partial charge in [-0.3, -0.25) is 0 Å². The first-order valence-electron chi connectivity index (χ1n) is 6.48. The average molecular weight is 455 g/mol. The van der Waals surface area contributed by atoms with E-state index in [0.29, 0.717) is 6.92 Å². The lowest BCUT2D eigenvalue weighted by atomic mass is 9.96. The molecular formula is C15H5BrF10. The Bertz CT molecular complexity index is 815. The van der Waals surface area contributed by atoms with E-state index < -0.39 is 67.9 Å². The van der Waals surface area contributed by atoms with Crippen LogP contribution in [-0.2, 0) is 12.4 Å². The number of rotatable bonds is 1. The zero-order valence-electron chi connectivity index (χ0n) is 12.3. The van der Waals surface area contributed by atoms with Gasteiger partial charge in [0.05, 0.1) is 16.7 Å². The Hall–Kier alpha value is -1.78. The largest absolute Gasteiger partial charge is 0.417 e. The maximum absolute atomic E-state index is 14.0. The van der Waals surface area contributed by atoms with Crippen LogP contribution in [0.4, 0.5) is 43.9 Å². The van der Waals surface area contributed by atoms with Gasteiger partial charge in [0.15, 0.2) is 23.3 Å². The van der Waals surface area contributed by atoms with Crippen LogP contribution in [0.25, 0.3) is 11.1 Å². The van der Waals surface area contributed by atoms with E-state index in [1.54, 1.807) is 0 Å². The lowest BCUT2D eigenvalue weighted by Gasteiger charge is -2.18. The van der Waals surface area contributed by atoms with Gasteiger partial charge in [-0.05, 0) is 40.5 Å². The van der Waals surface area contributed by atoms with Crippen LogP contribution in [0.5, 0.6) is 0 Å². The molecule has 2 aromatic rings. The molecular weight excluding hydrogens is 450 g/mol. The van der Waals surface area contributed by atoms with Crippen LogP contribution in [-0.4, -0.2) is 0 Å². The number of benzene rings is 2. The van der Waals surface area contributed by atoms with Crippen molar-refractivity contribution in [3.63, 3.8) is 0 Å². The Kier molecular flexibility index (Phi) is 5.08. The van der Waals surface area contributed by atoms with Crippen LogP contribution < -0.4 is 0 Å². The van der Waals surface area contributed by atoms with Crippen LogP contribution in [0.1, 0.15) is 16.7 Å². The Morgan fingerprint density at radius 3 is 1.35 bits per heavy atom. The molecule has 0 atom stereocenters. The van der Waals surface area contributed by atoms with Crippen LogP contribution in [0.3, 0.4) is 0 Å². The zero-order chi connectivity index (χ0) is 20.2. The molecule has 26 heavy (non-hydrogen) atoms. The van der Waals surface area contributed by atoms with Crippen molar-refractivity contribution in [1.82, 2.24) is 0 Å². The first kappa shape index (κ1) is 20.5. The molecule has 0 aliphatic heterocycles. The van der Waals surface area contributed by atoms with Gasteiger partial charge in [-0.15, -0.1) is 0 Å². The van der Waals surface area contributed by atoms with Crippen molar-refractivity contribution >= 4 is 15.9 Å². The van der Waals surface area contributed by atoms with Gasteiger partial charge in [0.1, 0.15) is 0 Å². The minimum atomic E-state index is -5.34. The van der Waals surface area contributed by atoms with E-state index in [-0.39, 0.29) is 12.1 Å². The fraction of sp³-hybridized carbons (Fsp3) is 0.200. The average Bonchev–Trinajstić information content (AvgIpc) is 2.50. The first-order chi connectivity index (χ1) is 11.7. The summed E-state index contributed by atoms with van der Waals surface area (Å²) in [5, 5.41) is 0. The van der Waals surface area contributed by atoms with Crippen molar-refractivity contribution in [3.8, 4) is 11.1 Å². The van der Waals surface area contributed by atoms with E-state index >= 15 is 0 Å². The lowest BCUT2D eigenvalue weighted by molar-refractivity contribution is -0.144. The third-order valence-corrected chi connectivity index (χ3v) is 4.31. The summed E-state index contributed by atoms with van der Waals surface area (Å²) >= 11 is 2.16. The molecule has 142 valence electrons. The predicted molar refractivity (Wildman–Crippen MR) is 74.2 cm³/mol. The standard InChI is InChI=1S/C15H5BrF10/c1-4-10(17)12(19)8(13(20)11(4)18)5-2-6(14(21,22)23)9(16)7(3-5)15(24,25)26/h2-3H,1H3. The van der Waals surface area contributed by atoms with Gasteiger partial charge in [-0.2, -0.15) is 26.3 Å². The van der Waals surface area contributed by atoms with E-state index in [4.69, 9.17) is 0 Å². The molecule has 0 spiro atoms. The van der Waals surface area contributed by atoms with E-state index in [1.165, 1.54) is 0 Å². The molecule has 0 radical (unpaired) electrons. The quantitative estimate of drug-likeness (QED) is 0.321. The molecule has 2 aromatic carbocycles. The molecule has 0 saturated carbocycles. The predicted octanol–water partition coefficient (Wildman–Crippen LogP) is 7.02. The molecule has 0 bridgehead atoms. The van der Waals surface area contributed by atoms with E-state index in [0.717, 1.165) is 0 Å². The highest BCUT2D eigenvalue weighted by molar-refractivity contribution is 9.10. The molecule has 0 amide bonds. The summed E-state index contributed by atoms with van der Waals surface area (Å²) in [7, 11) is 0. The smallest absolute Gasteiger partial charge is 0.203 e. The number of alkyl halides is 6. The topological polar surface area (TPSA) is 0 Å². The summed E-state index contributed by atoms with van der Waals surface area (Å²) in [5.41, 5.74) is -7.92. The van der Waals surface area contributed by atoms with E-state index in [2.05, 4.69) is 15.9 Å². The second-order valence-electron chi connectivity index (χ2n) is 5.14. The van der Waals surface area contributed by atoms with Crippen molar-refractivity contribution in [2.24, 2.45) is 0 Å². The lowest BCUT2D eigenvalue weighted by Crippen LogP contribution is -2.14. The number of hydrogen-bond acceptors (Lipinski definition) is 0. The molecule has 0 N–H and O–H groups in total. The van der Waals surface area contributed by atoms with Gasteiger partial charge >= 0.3 is 12.4 Å². The maximum Gasteiger partial charge on any atom is 0.417 e. The Labute approximate surface area is 147 Å². The summed E-state index contributed by atoms with van der Waals surface area (Å²) in [4.78, 5) is 0. The van der Waals surface area contributed by atoms with Crippen molar-refractivity contribution in [3.05, 3.63) is 56.6 Å². The molecule has 0 aliphatic rings. The molecule has 0 aliphatic carbocycles. The Balaban J connectivity index is 2.97. The highest BCUT2D eigenvalue weighted by Crippen LogP contribution is 2.45. The van der Waals surface area contributed by atoms with Crippen LogP contribution in [0.15, 0.2) is 16.6 Å². The van der Waals surface area contributed by atoms with E-state index in [1.807, 2.05) is 0 Å². The fourth-order valence-electron chi connectivity index (χ4n) is 2.18. The van der Waals surface area contributed by atoms with Crippen molar-refractivity contribution in [2.75, 3.05) is 0 Å². The fourth-order valence-corrected chi connectivity index (χ4v) is 2.85. The molecule has 0 fully saturated rings. The molecule has 0 nitrogen and oxygen atoms in total. The number of halogens is 11. The van der Waals surface area contributed by atoms with Crippen LogP contribution in [0.2, 0.25) is 0 Å². The summed E-state index contributed by atoms with van der Waals surface area (Å²) in [6.07, 6.45) is -10.7. The summed E-state index contributed by atoms with van der Waals surface area (Å²) in [5.74, 6) is -8.07. The second kappa shape index (κ2) is 6.43. The minimum Gasteiger partial charge on any atom is -0.203 e. The highest BCUT2D eigenvalue weighted by atomic mass is 79.9. The maximum atomic E-state index is 14.0. The summed E-state index contributed by atoms with van der Waals surface area (Å²) in [6.45, 7) is 0.657. The molecule has 11 heteroatoms. The second-order valence-corrected chi connectivity index (χ2v) is 5.93. The minimum absolute atomic E-state index is 0.0327. The normalized spacial score (nSPS) is 12.6. The SMILES string of the molecule is Cc1c(F)c(F)c(-c2cc(C(F)(F)F)c(Br)c(C(F)(F)F)c2)c(F)c1F. The van der Waals surface area contributed by atoms with Gasteiger partial charge in [-0.1, -0.05) is 0 Å². The zero-order valence-corrected chi connectivity index (χ0v) is 13.9. The van der Waals surface area contributed by atoms with Crippen LogP contribution >= 0.6 is 15.9 Å². The van der Waals surface area contributed by atoms with Crippen molar-refractivity contribution in [2.45, 2.75) is 19.3 Å². The molecule has 2 rings (SSSR count). The molecule has 0 aromatic heterocycles. The van der Waals surface area contributed by atoms with Gasteiger partial charge < -0.3 is 0 Å². The van der Waals surface area contributed by atoms with Crippen molar-refractivity contribution in [1.29, 1.82) is 0 Å².